The number of aromatic nitrogens is 2. The quantitative estimate of drug-likeness (QED) is 0.302. The van der Waals surface area contributed by atoms with Crippen LogP contribution in [0.3, 0.4) is 0 Å². The first-order valence-corrected chi connectivity index (χ1v) is 14.2. The van der Waals surface area contributed by atoms with Crippen LogP contribution in [-0.2, 0) is 19.9 Å². The van der Waals surface area contributed by atoms with Gasteiger partial charge in [0.1, 0.15) is 18.2 Å². The number of nitrogens with two attached hydrogens (primary N) is 1. The highest BCUT2D eigenvalue weighted by atomic mass is 35.5. The zero-order valence-corrected chi connectivity index (χ0v) is 24.8. The summed E-state index contributed by atoms with van der Waals surface area (Å²) in [6.07, 6.45) is 5.59. The van der Waals surface area contributed by atoms with E-state index < -0.39 is 40.5 Å². The van der Waals surface area contributed by atoms with Gasteiger partial charge in [0.15, 0.2) is 11.5 Å². The Morgan fingerprint density at radius 2 is 1.86 bits per heavy atom. The van der Waals surface area contributed by atoms with Crippen LogP contribution in [0.2, 0.25) is 5.02 Å². The molecule has 2 atom stereocenters. The van der Waals surface area contributed by atoms with Gasteiger partial charge >= 0.3 is 5.97 Å². The van der Waals surface area contributed by atoms with Crippen molar-refractivity contribution in [3.63, 3.8) is 0 Å². The number of hydrogen-bond acceptors (Lipinski definition) is 6. The molecule has 2 N–H and O–H groups in total. The highest BCUT2D eigenvalue weighted by Gasteiger charge is 2.53. The molecule has 222 valence electrons. The Morgan fingerprint density at radius 1 is 1.17 bits per heavy atom. The first kappa shape index (κ1) is 29.7. The van der Waals surface area contributed by atoms with Gasteiger partial charge in [-0.05, 0) is 71.6 Å². The monoisotopic (exact) mass is 597 g/mol. The SMILES string of the molecule is CC(C)(C)C[C@]1(c2cc(F)cc(F)c2)N=C(N)N(C(COC(=O)CC2(C)CC2)c2ccc(Cl)c(-n3cccn3)c2)C1=O. The van der Waals surface area contributed by atoms with Gasteiger partial charge in [-0.25, -0.2) is 18.5 Å². The van der Waals surface area contributed by atoms with Crippen molar-refractivity contribution in [2.45, 2.75) is 65.0 Å². The first-order valence-electron chi connectivity index (χ1n) is 13.8. The zero-order chi connectivity index (χ0) is 30.4. The zero-order valence-electron chi connectivity index (χ0n) is 24.0. The Morgan fingerprint density at radius 3 is 2.45 bits per heavy atom. The van der Waals surface area contributed by atoms with E-state index in [2.05, 4.69) is 10.1 Å². The first-order chi connectivity index (χ1) is 19.7. The number of aliphatic imine (C=N–C) groups is 1. The summed E-state index contributed by atoms with van der Waals surface area (Å²) in [6, 6.07) is 8.90. The van der Waals surface area contributed by atoms with E-state index in [-0.39, 0.29) is 36.4 Å². The van der Waals surface area contributed by atoms with Crippen molar-refractivity contribution in [3.05, 3.63) is 82.6 Å². The van der Waals surface area contributed by atoms with E-state index in [4.69, 9.17) is 22.1 Å². The summed E-state index contributed by atoms with van der Waals surface area (Å²) in [5, 5.41) is 4.67. The number of esters is 1. The second kappa shape index (κ2) is 10.8. The van der Waals surface area contributed by atoms with Crippen LogP contribution in [0, 0.1) is 22.5 Å². The fraction of sp³-hybridized carbons (Fsp3) is 0.419. The molecule has 2 heterocycles. The van der Waals surface area contributed by atoms with Gasteiger partial charge in [-0.1, -0.05) is 45.4 Å². The number of benzene rings is 2. The van der Waals surface area contributed by atoms with E-state index in [0.717, 1.165) is 31.0 Å². The number of carbonyl (C=O) groups excluding carboxylic acids is 2. The predicted octanol–water partition coefficient (Wildman–Crippen LogP) is 6.07. The second-order valence-electron chi connectivity index (χ2n) is 12.7. The number of nitrogens with zero attached hydrogens (tertiary/aromatic N) is 4. The van der Waals surface area contributed by atoms with Crippen LogP contribution in [0.5, 0.6) is 0 Å². The van der Waals surface area contributed by atoms with Crippen LogP contribution in [0.1, 0.15) is 70.5 Å². The molecule has 0 saturated heterocycles. The van der Waals surface area contributed by atoms with E-state index in [1.54, 1.807) is 41.3 Å². The van der Waals surface area contributed by atoms with Gasteiger partial charge in [0.25, 0.3) is 5.91 Å². The highest BCUT2D eigenvalue weighted by molar-refractivity contribution is 6.32. The maximum Gasteiger partial charge on any atom is 0.306 e. The van der Waals surface area contributed by atoms with E-state index >= 15 is 0 Å². The largest absolute Gasteiger partial charge is 0.463 e. The maximum atomic E-state index is 14.5. The molecule has 11 heteroatoms. The summed E-state index contributed by atoms with van der Waals surface area (Å²) in [5.41, 5.74) is 5.35. The third kappa shape index (κ3) is 6.04. The Kier molecular flexibility index (Phi) is 7.64. The smallest absolute Gasteiger partial charge is 0.306 e. The Labute approximate surface area is 248 Å². The van der Waals surface area contributed by atoms with E-state index in [9.17, 15) is 18.4 Å². The van der Waals surface area contributed by atoms with Crippen molar-refractivity contribution in [3.8, 4) is 5.69 Å². The molecule has 1 fully saturated rings. The molecule has 0 spiro atoms. The van der Waals surface area contributed by atoms with Gasteiger partial charge in [0, 0.05) is 18.5 Å². The van der Waals surface area contributed by atoms with Gasteiger partial charge in [0.05, 0.1) is 23.2 Å². The minimum atomic E-state index is -1.70. The number of ether oxygens (including phenoxy) is 1. The second-order valence-corrected chi connectivity index (χ2v) is 13.2. The topological polar surface area (TPSA) is 103 Å². The lowest BCUT2D eigenvalue weighted by Gasteiger charge is -2.35. The standard InChI is InChI=1S/C31H34ClF2N5O3/c1-29(2,3)18-31(20-13-21(33)15-22(34)14-20)27(41)39(28(35)37-31)25(17-42-26(40)16-30(4)8-9-30)19-6-7-23(32)24(12-19)38-11-5-10-36-38/h5-7,10-15,25H,8-9,16-18H2,1-4H3,(H2,35,37)/t25?,31-/m1/s1. The van der Waals surface area contributed by atoms with Crippen LogP contribution >= 0.6 is 11.6 Å². The number of hydrogen-bond donors (Lipinski definition) is 1. The Balaban J connectivity index is 1.58. The lowest BCUT2D eigenvalue weighted by Crippen LogP contribution is -2.47. The number of guanidine groups is 1. The van der Waals surface area contributed by atoms with Gasteiger partial charge in [0.2, 0.25) is 0 Å². The molecule has 1 aromatic heterocycles. The lowest BCUT2D eigenvalue weighted by atomic mass is 9.75. The average molecular weight is 598 g/mol. The molecule has 1 aliphatic heterocycles. The van der Waals surface area contributed by atoms with Crippen molar-refractivity contribution in [1.29, 1.82) is 0 Å². The van der Waals surface area contributed by atoms with Crippen LogP contribution in [0.4, 0.5) is 8.78 Å². The number of amides is 1. The third-order valence-electron chi connectivity index (χ3n) is 7.75. The third-order valence-corrected chi connectivity index (χ3v) is 8.07. The maximum absolute atomic E-state index is 14.5. The van der Waals surface area contributed by atoms with Gasteiger partial charge < -0.3 is 10.5 Å². The van der Waals surface area contributed by atoms with Gasteiger partial charge in [-0.2, -0.15) is 5.10 Å². The highest BCUT2D eigenvalue weighted by Crippen LogP contribution is 2.48. The normalized spacial score (nSPS) is 20.4. The summed E-state index contributed by atoms with van der Waals surface area (Å²) in [4.78, 5) is 33.2. The summed E-state index contributed by atoms with van der Waals surface area (Å²) in [5.74, 6) is -2.79. The van der Waals surface area contributed by atoms with Crippen LogP contribution in [-0.4, -0.2) is 39.1 Å². The van der Waals surface area contributed by atoms with Gasteiger partial charge in [-0.3, -0.25) is 14.5 Å². The van der Waals surface area contributed by atoms with Gasteiger partial charge in [-0.15, -0.1) is 0 Å². The summed E-state index contributed by atoms with van der Waals surface area (Å²) in [7, 11) is 0. The molecule has 2 aromatic carbocycles. The molecule has 42 heavy (non-hydrogen) atoms. The molecule has 1 amide bonds. The summed E-state index contributed by atoms with van der Waals surface area (Å²) in [6.45, 7) is 7.51. The lowest BCUT2D eigenvalue weighted by molar-refractivity contribution is -0.148. The summed E-state index contributed by atoms with van der Waals surface area (Å²) >= 11 is 6.50. The average Bonchev–Trinajstić information content (AvgIpc) is 3.27. The van der Waals surface area contributed by atoms with Crippen molar-refractivity contribution in [2.75, 3.05) is 6.61 Å². The van der Waals surface area contributed by atoms with Crippen molar-refractivity contribution in [2.24, 2.45) is 21.6 Å². The predicted molar refractivity (Wildman–Crippen MR) is 155 cm³/mol. The molecular formula is C31H34ClF2N5O3. The van der Waals surface area contributed by atoms with Crippen molar-refractivity contribution in [1.82, 2.24) is 14.7 Å². The molecule has 0 bridgehead atoms. The number of halogens is 3. The molecule has 1 unspecified atom stereocenters. The molecule has 2 aliphatic rings. The van der Waals surface area contributed by atoms with Crippen LogP contribution in [0.25, 0.3) is 5.69 Å². The Hall–Kier alpha value is -3.79. The molecule has 3 aromatic rings. The molecule has 1 aliphatic carbocycles. The van der Waals surface area contributed by atoms with Crippen molar-refractivity contribution >= 4 is 29.4 Å². The molecule has 1 saturated carbocycles. The number of rotatable bonds is 9. The Bertz CT molecular complexity index is 1530. The van der Waals surface area contributed by atoms with E-state index in [1.807, 2.05) is 27.7 Å². The van der Waals surface area contributed by atoms with Crippen molar-refractivity contribution < 1.29 is 23.1 Å². The van der Waals surface area contributed by atoms with Crippen LogP contribution in [0.15, 0.2) is 59.9 Å². The van der Waals surface area contributed by atoms with E-state index in [0.29, 0.717) is 16.3 Å². The fourth-order valence-corrected chi connectivity index (χ4v) is 5.68. The molecule has 0 radical (unpaired) electrons. The van der Waals surface area contributed by atoms with Crippen LogP contribution < -0.4 is 5.73 Å². The minimum absolute atomic E-state index is 0.0520. The minimum Gasteiger partial charge on any atom is -0.463 e. The number of carbonyl (C=O) groups is 2. The van der Waals surface area contributed by atoms with E-state index in [1.165, 1.54) is 4.90 Å². The fourth-order valence-electron chi connectivity index (χ4n) is 5.47. The molecule has 8 nitrogen and oxygen atoms in total. The molecule has 5 rings (SSSR count). The molecular weight excluding hydrogens is 564 g/mol. The summed E-state index contributed by atoms with van der Waals surface area (Å²) < 4.78 is 36.3.